The standard InChI is InChI=1S/C23H21ClFNO3/c1-28-22-12-5-16(13-23(22)29-2)20(26-19-10-6-17(24)7-11-19)14-21(27)15-3-8-18(25)9-4-15/h3-13,20,26H,14H2,1-2H3. The molecule has 4 nitrogen and oxygen atoms in total. The molecule has 0 spiro atoms. The first kappa shape index (κ1) is 20.7. The molecule has 150 valence electrons. The summed E-state index contributed by atoms with van der Waals surface area (Å²) in [6.45, 7) is 0. The van der Waals surface area contributed by atoms with Crippen molar-refractivity contribution in [3.05, 3.63) is 88.7 Å². The number of carbonyl (C=O) groups excluding carboxylic acids is 1. The number of benzene rings is 3. The fourth-order valence-electron chi connectivity index (χ4n) is 3.01. The highest BCUT2D eigenvalue weighted by Gasteiger charge is 2.19. The van der Waals surface area contributed by atoms with Crippen LogP contribution in [0.5, 0.6) is 11.5 Å². The second-order valence-corrected chi connectivity index (χ2v) is 6.89. The molecule has 29 heavy (non-hydrogen) atoms. The first-order valence-electron chi connectivity index (χ1n) is 9.03. The highest BCUT2D eigenvalue weighted by Crippen LogP contribution is 2.33. The summed E-state index contributed by atoms with van der Waals surface area (Å²) in [6.07, 6.45) is 0.170. The predicted octanol–water partition coefficient (Wildman–Crippen LogP) is 5.92. The quantitative estimate of drug-likeness (QED) is 0.465. The molecule has 0 bridgehead atoms. The fraction of sp³-hybridized carbons (Fsp3) is 0.174. The van der Waals surface area contributed by atoms with E-state index in [-0.39, 0.29) is 24.1 Å². The molecule has 0 fully saturated rings. The number of methoxy groups -OCH3 is 2. The number of hydrogen-bond donors (Lipinski definition) is 1. The van der Waals surface area contributed by atoms with E-state index < -0.39 is 0 Å². The number of anilines is 1. The molecule has 0 radical (unpaired) electrons. The van der Waals surface area contributed by atoms with Crippen molar-refractivity contribution in [2.75, 3.05) is 19.5 Å². The number of nitrogens with one attached hydrogen (secondary N) is 1. The molecular weight excluding hydrogens is 393 g/mol. The summed E-state index contributed by atoms with van der Waals surface area (Å²) in [5.74, 6) is 0.692. The Bertz CT molecular complexity index is 974. The molecular formula is C23H21ClFNO3. The molecule has 0 aromatic heterocycles. The van der Waals surface area contributed by atoms with E-state index in [4.69, 9.17) is 21.1 Å². The molecule has 0 aliphatic rings. The molecule has 0 heterocycles. The van der Waals surface area contributed by atoms with Crippen LogP contribution < -0.4 is 14.8 Å². The van der Waals surface area contributed by atoms with Crippen molar-refractivity contribution >= 4 is 23.1 Å². The molecule has 3 rings (SSSR count). The smallest absolute Gasteiger partial charge is 0.165 e. The van der Waals surface area contributed by atoms with E-state index in [2.05, 4.69) is 5.32 Å². The van der Waals surface area contributed by atoms with Crippen LogP contribution in [0.25, 0.3) is 0 Å². The van der Waals surface area contributed by atoms with Gasteiger partial charge in [0.1, 0.15) is 5.82 Å². The number of rotatable bonds is 8. The van der Waals surface area contributed by atoms with Crippen molar-refractivity contribution in [3.8, 4) is 11.5 Å². The van der Waals surface area contributed by atoms with Gasteiger partial charge in [-0.1, -0.05) is 17.7 Å². The molecule has 0 saturated heterocycles. The van der Waals surface area contributed by atoms with Crippen LogP contribution in [0, 0.1) is 5.82 Å². The van der Waals surface area contributed by atoms with Crippen LogP contribution >= 0.6 is 11.6 Å². The van der Waals surface area contributed by atoms with Gasteiger partial charge in [0, 0.05) is 22.7 Å². The third-order valence-electron chi connectivity index (χ3n) is 4.55. The molecule has 1 unspecified atom stereocenters. The Hall–Kier alpha value is -3.05. The maximum absolute atomic E-state index is 13.2. The van der Waals surface area contributed by atoms with Gasteiger partial charge in [-0.25, -0.2) is 4.39 Å². The lowest BCUT2D eigenvalue weighted by Crippen LogP contribution is -2.16. The SMILES string of the molecule is COc1ccc(C(CC(=O)c2ccc(F)cc2)Nc2ccc(Cl)cc2)cc1OC. The molecule has 0 aliphatic heterocycles. The number of halogens is 2. The van der Waals surface area contributed by atoms with Gasteiger partial charge < -0.3 is 14.8 Å². The van der Waals surface area contributed by atoms with Gasteiger partial charge in [-0.15, -0.1) is 0 Å². The summed E-state index contributed by atoms with van der Waals surface area (Å²) in [4.78, 5) is 12.8. The normalized spacial score (nSPS) is 11.6. The van der Waals surface area contributed by atoms with Crippen molar-refractivity contribution in [2.45, 2.75) is 12.5 Å². The van der Waals surface area contributed by atoms with Gasteiger partial charge in [0.2, 0.25) is 0 Å². The van der Waals surface area contributed by atoms with Crippen molar-refractivity contribution in [1.82, 2.24) is 0 Å². The number of Topliss-reactive ketones (excluding diaryl/α,β-unsaturated/α-hetero) is 1. The van der Waals surface area contributed by atoms with Crippen LogP contribution in [-0.4, -0.2) is 20.0 Å². The topological polar surface area (TPSA) is 47.6 Å². The van der Waals surface area contributed by atoms with E-state index in [0.29, 0.717) is 22.1 Å². The molecule has 0 aliphatic carbocycles. The molecule has 0 saturated carbocycles. The molecule has 3 aromatic carbocycles. The minimum Gasteiger partial charge on any atom is -0.493 e. The lowest BCUT2D eigenvalue weighted by Gasteiger charge is -2.21. The molecule has 3 aromatic rings. The summed E-state index contributed by atoms with van der Waals surface area (Å²) < 4.78 is 23.9. The minimum absolute atomic E-state index is 0.105. The highest BCUT2D eigenvalue weighted by atomic mass is 35.5. The van der Waals surface area contributed by atoms with Gasteiger partial charge in [0.15, 0.2) is 17.3 Å². The van der Waals surface area contributed by atoms with Crippen molar-refractivity contribution in [2.24, 2.45) is 0 Å². The monoisotopic (exact) mass is 413 g/mol. The summed E-state index contributed by atoms with van der Waals surface area (Å²) in [5.41, 5.74) is 2.13. The summed E-state index contributed by atoms with van der Waals surface area (Å²) in [5, 5.41) is 4.00. The Morgan fingerprint density at radius 2 is 1.62 bits per heavy atom. The minimum atomic E-state index is -0.378. The largest absolute Gasteiger partial charge is 0.493 e. The Morgan fingerprint density at radius 1 is 0.966 bits per heavy atom. The Kier molecular flexibility index (Phi) is 6.73. The van der Waals surface area contributed by atoms with Gasteiger partial charge in [-0.2, -0.15) is 0 Å². The van der Waals surface area contributed by atoms with Crippen molar-refractivity contribution in [3.63, 3.8) is 0 Å². The third-order valence-corrected chi connectivity index (χ3v) is 4.80. The summed E-state index contributed by atoms with van der Waals surface area (Å²) in [6, 6.07) is 18.0. The fourth-order valence-corrected chi connectivity index (χ4v) is 3.13. The van der Waals surface area contributed by atoms with Gasteiger partial charge in [-0.3, -0.25) is 4.79 Å². The lowest BCUT2D eigenvalue weighted by molar-refractivity contribution is 0.0976. The first-order chi connectivity index (χ1) is 14.0. The average molecular weight is 414 g/mol. The van der Waals surface area contributed by atoms with Crippen LogP contribution in [0.1, 0.15) is 28.4 Å². The predicted molar refractivity (Wildman–Crippen MR) is 113 cm³/mol. The molecule has 1 N–H and O–H groups in total. The number of ketones is 1. The number of carbonyl (C=O) groups is 1. The zero-order chi connectivity index (χ0) is 20.8. The Balaban J connectivity index is 1.91. The van der Waals surface area contributed by atoms with Gasteiger partial charge >= 0.3 is 0 Å². The van der Waals surface area contributed by atoms with Crippen LogP contribution in [-0.2, 0) is 0 Å². The first-order valence-corrected chi connectivity index (χ1v) is 9.40. The van der Waals surface area contributed by atoms with Crippen LogP contribution in [0.4, 0.5) is 10.1 Å². The molecule has 1 atom stereocenters. The van der Waals surface area contributed by atoms with Crippen LogP contribution in [0.3, 0.4) is 0 Å². The zero-order valence-electron chi connectivity index (χ0n) is 16.1. The maximum atomic E-state index is 13.2. The molecule has 6 heteroatoms. The van der Waals surface area contributed by atoms with E-state index in [1.165, 1.54) is 24.3 Å². The van der Waals surface area contributed by atoms with E-state index in [1.54, 1.807) is 32.4 Å². The van der Waals surface area contributed by atoms with E-state index in [0.717, 1.165) is 11.3 Å². The summed E-state index contributed by atoms with van der Waals surface area (Å²) >= 11 is 5.97. The second kappa shape index (κ2) is 9.43. The Morgan fingerprint density at radius 3 is 2.24 bits per heavy atom. The second-order valence-electron chi connectivity index (χ2n) is 6.45. The maximum Gasteiger partial charge on any atom is 0.165 e. The van der Waals surface area contributed by atoms with Crippen LogP contribution in [0.15, 0.2) is 66.7 Å². The van der Waals surface area contributed by atoms with E-state index in [9.17, 15) is 9.18 Å². The van der Waals surface area contributed by atoms with Gasteiger partial charge in [0.25, 0.3) is 0 Å². The van der Waals surface area contributed by atoms with Gasteiger partial charge in [-0.05, 0) is 66.2 Å². The lowest BCUT2D eigenvalue weighted by atomic mass is 9.97. The van der Waals surface area contributed by atoms with E-state index >= 15 is 0 Å². The number of hydrogen-bond acceptors (Lipinski definition) is 4. The molecule has 0 amide bonds. The third kappa shape index (κ3) is 5.27. The Labute approximate surface area is 174 Å². The zero-order valence-corrected chi connectivity index (χ0v) is 16.9. The van der Waals surface area contributed by atoms with Gasteiger partial charge in [0.05, 0.1) is 20.3 Å². The van der Waals surface area contributed by atoms with Crippen molar-refractivity contribution in [1.29, 1.82) is 0 Å². The highest BCUT2D eigenvalue weighted by molar-refractivity contribution is 6.30. The summed E-state index contributed by atoms with van der Waals surface area (Å²) in [7, 11) is 3.13. The average Bonchev–Trinajstić information content (AvgIpc) is 2.74. The van der Waals surface area contributed by atoms with E-state index in [1.807, 2.05) is 24.3 Å². The van der Waals surface area contributed by atoms with Crippen molar-refractivity contribution < 1.29 is 18.7 Å². The van der Waals surface area contributed by atoms with Crippen LogP contribution in [0.2, 0.25) is 5.02 Å². The number of ether oxygens (including phenoxy) is 2.